The minimum atomic E-state index is -2.66. The number of nitrogens with zero attached hydrogens (tertiary/aromatic N) is 4. The molecule has 3 heterocycles. The van der Waals surface area contributed by atoms with E-state index in [0.29, 0.717) is 46.7 Å². The summed E-state index contributed by atoms with van der Waals surface area (Å²) in [5.74, 6) is -1.54. The maximum absolute atomic E-state index is 13.8. The van der Waals surface area contributed by atoms with Crippen molar-refractivity contribution < 1.29 is 8.78 Å². The molecule has 1 saturated carbocycles. The van der Waals surface area contributed by atoms with Gasteiger partial charge in [-0.2, -0.15) is 0 Å². The van der Waals surface area contributed by atoms with Crippen LogP contribution in [0.1, 0.15) is 25.7 Å². The van der Waals surface area contributed by atoms with Gasteiger partial charge in [0.1, 0.15) is 16.7 Å². The van der Waals surface area contributed by atoms with Gasteiger partial charge in [0.25, 0.3) is 0 Å². The van der Waals surface area contributed by atoms with E-state index in [1.807, 2.05) is 4.90 Å². The minimum absolute atomic E-state index is 0.131. The van der Waals surface area contributed by atoms with Crippen molar-refractivity contribution in [1.82, 2.24) is 15.0 Å². The van der Waals surface area contributed by atoms with E-state index in [2.05, 4.69) is 15.0 Å². The van der Waals surface area contributed by atoms with Crippen molar-refractivity contribution in [3.8, 4) is 0 Å². The van der Waals surface area contributed by atoms with Crippen molar-refractivity contribution in [1.29, 1.82) is 0 Å². The van der Waals surface area contributed by atoms with Crippen LogP contribution in [0, 0.1) is 5.41 Å². The number of halogens is 3. The molecule has 7 nitrogen and oxygen atoms in total. The molecule has 1 atom stereocenters. The van der Waals surface area contributed by atoms with Crippen molar-refractivity contribution in [3.05, 3.63) is 23.5 Å². The van der Waals surface area contributed by atoms with Gasteiger partial charge in [0, 0.05) is 43.1 Å². The van der Waals surface area contributed by atoms with E-state index < -0.39 is 17.4 Å². The van der Waals surface area contributed by atoms with E-state index in [0.717, 1.165) is 0 Å². The Morgan fingerprint density at radius 2 is 1.90 bits per heavy atom. The Morgan fingerprint density at radius 1 is 1.17 bits per heavy atom. The molecule has 0 bridgehead atoms. The van der Waals surface area contributed by atoms with Gasteiger partial charge in [-0.3, -0.25) is 0 Å². The second-order valence-corrected chi connectivity index (χ2v) is 9.13. The second kappa shape index (κ2) is 7.41. The molecular formula is C18H22ClF2N7S. The molecule has 2 aromatic heterocycles. The van der Waals surface area contributed by atoms with Gasteiger partial charge >= 0.3 is 0 Å². The van der Waals surface area contributed by atoms with Crippen molar-refractivity contribution in [2.75, 3.05) is 29.5 Å². The van der Waals surface area contributed by atoms with Gasteiger partial charge in [-0.05, 0) is 24.3 Å². The van der Waals surface area contributed by atoms with Gasteiger partial charge in [-0.15, -0.1) is 0 Å². The van der Waals surface area contributed by atoms with E-state index in [9.17, 15) is 8.78 Å². The number of nitrogen functional groups attached to an aromatic ring is 2. The number of alkyl halides is 2. The zero-order chi connectivity index (χ0) is 20.8. The molecule has 1 aliphatic heterocycles. The Labute approximate surface area is 176 Å². The monoisotopic (exact) mass is 441 g/mol. The molecular weight excluding hydrogens is 420 g/mol. The summed E-state index contributed by atoms with van der Waals surface area (Å²) in [4.78, 5) is 15.5. The van der Waals surface area contributed by atoms with Crippen LogP contribution in [0.25, 0.3) is 0 Å². The Morgan fingerprint density at radius 3 is 2.52 bits per heavy atom. The lowest BCUT2D eigenvalue weighted by molar-refractivity contribution is -0.00683. The first-order valence-electron chi connectivity index (χ1n) is 9.28. The van der Waals surface area contributed by atoms with Gasteiger partial charge in [0.15, 0.2) is 5.82 Å². The Kier molecular flexibility index (Phi) is 5.20. The highest BCUT2D eigenvalue weighted by molar-refractivity contribution is 7.99. The average molecular weight is 442 g/mol. The third kappa shape index (κ3) is 3.93. The molecule has 1 spiro atoms. The van der Waals surface area contributed by atoms with Gasteiger partial charge in [-0.1, -0.05) is 23.4 Å². The number of rotatable bonds is 3. The molecule has 2 fully saturated rings. The number of hydrogen-bond acceptors (Lipinski definition) is 8. The van der Waals surface area contributed by atoms with Crippen molar-refractivity contribution in [3.63, 3.8) is 0 Å². The number of piperidine rings is 1. The summed E-state index contributed by atoms with van der Waals surface area (Å²) in [6.45, 7) is 1.19. The van der Waals surface area contributed by atoms with Crippen LogP contribution < -0.4 is 22.1 Å². The van der Waals surface area contributed by atoms with Crippen LogP contribution in [0.3, 0.4) is 0 Å². The maximum Gasteiger partial charge on any atom is 0.250 e. The molecule has 0 radical (unpaired) electrons. The van der Waals surface area contributed by atoms with Crippen LogP contribution >= 0.6 is 23.4 Å². The smallest absolute Gasteiger partial charge is 0.250 e. The van der Waals surface area contributed by atoms with Crippen LogP contribution in [0.2, 0.25) is 5.02 Å². The summed E-state index contributed by atoms with van der Waals surface area (Å²) in [6, 6.07) is 1.26. The minimum Gasteiger partial charge on any atom is -0.382 e. The Hall–Kier alpha value is -1.91. The molecule has 11 heteroatoms. The highest BCUT2D eigenvalue weighted by Crippen LogP contribution is 2.52. The van der Waals surface area contributed by atoms with Gasteiger partial charge in [-0.25, -0.2) is 23.7 Å². The molecule has 29 heavy (non-hydrogen) atoms. The Bertz CT molecular complexity index is 921. The largest absolute Gasteiger partial charge is 0.382 e. The molecule has 0 aromatic carbocycles. The predicted octanol–water partition coefficient (Wildman–Crippen LogP) is 3.18. The highest BCUT2D eigenvalue weighted by Gasteiger charge is 2.55. The van der Waals surface area contributed by atoms with E-state index >= 15 is 0 Å². The molecule has 2 aromatic rings. The van der Waals surface area contributed by atoms with E-state index in [-0.39, 0.29) is 24.5 Å². The van der Waals surface area contributed by atoms with Crippen LogP contribution in [0.5, 0.6) is 0 Å². The summed E-state index contributed by atoms with van der Waals surface area (Å²) >= 11 is 7.43. The zero-order valence-electron chi connectivity index (χ0n) is 15.6. The fourth-order valence-corrected chi connectivity index (χ4v) is 5.24. The SMILES string of the molecule is Nc1nc(N2CCC3(CC2)CC(F)(F)C[C@H]3N)cnc1Sc1ccnc(N)c1Cl. The fourth-order valence-electron chi connectivity index (χ4n) is 4.22. The molecule has 2 aliphatic rings. The first-order chi connectivity index (χ1) is 13.7. The van der Waals surface area contributed by atoms with E-state index in [4.69, 9.17) is 28.8 Å². The summed E-state index contributed by atoms with van der Waals surface area (Å²) in [5, 5.41) is 0.848. The van der Waals surface area contributed by atoms with Gasteiger partial charge < -0.3 is 22.1 Å². The summed E-state index contributed by atoms with van der Waals surface area (Å²) in [6.07, 6.45) is 4.05. The van der Waals surface area contributed by atoms with Crippen molar-refractivity contribution in [2.45, 2.75) is 47.6 Å². The summed E-state index contributed by atoms with van der Waals surface area (Å²) in [7, 11) is 0. The molecule has 0 amide bonds. The molecule has 6 N–H and O–H groups in total. The fraction of sp³-hybridized carbons (Fsp3) is 0.500. The van der Waals surface area contributed by atoms with Crippen LogP contribution in [-0.2, 0) is 0 Å². The lowest BCUT2D eigenvalue weighted by atomic mass is 9.74. The van der Waals surface area contributed by atoms with Crippen LogP contribution in [0.4, 0.5) is 26.2 Å². The summed E-state index contributed by atoms with van der Waals surface area (Å²) < 4.78 is 27.6. The predicted molar refractivity (Wildman–Crippen MR) is 110 cm³/mol. The molecule has 0 unspecified atom stereocenters. The molecule has 1 saturated heterocycles. The molecule has 4 rings (SSSR count). The maximum atomic E-state index is 13.8. The lowest BCUT2D eigenvalue weighted by Gasteiger charge is -2.42. The first-order valence-corrected chi connectivity index (χ1v) is 10.5. The number of pyridine rings is 1. The van der Waals surface area contributed by atoms with Crippen LogP contribution in [-0.4, -0.2) is 40.0 Å². The number of hydrogen-bond donors (Lipinski definition) is 3. The topological polar surface area (TPSA) is 120 Å². The number of nitrogens with two attached hydrogens (primary N) is 3. The number of anilines is 3. The normalized spacial score (nSPS) is 22.9. The Balaban J connectivity index is 1.46. The standard InChI is InChI=1S/C18H22ClF2N7S/c19-13-10(1-4-25-14(13)23)29-16-15(24)27-12(8-26-16)28-5-2-17(3-6-28)9-18(20,21)7-11(17)22/h1,4,8,11H,2-3,5-7,9,22H2,(H2,23,25)(H2,24,27)/t11-/m1/s1. The van der Waals surface area contributed by atoms with E-state index in [1.54, 1.807) is 18.5 Å². The van der Waals surface area contributed by atoms with Crippen molar-refractivity contribution >= 4 is 40.8 Å². The van der Waals surface area contributed by atoms with E-state index in [1.165, 1.54) is 11.8 Å². The van der Waals surface area contributed by atoms with Crippen molar-refractivity contribution in [2.24, 2.45) is 11.1 Å². The van der Waals surface area contributed by atoms with Crippen LogP contribution in [0.15, 0.2) is 28.4 Å². The third-order valence-electron chi connectivity index (χ3n) is 5.84. The quantitative estimate of drug-likeness (QED) is 0.664. The molecule has 1 aliphatic carbocycles. The highest BCUT2D eigenvalue weighted by atomic mass is 35.5. The van der Waals surface area contributed by atoms with Gasteiger partial charge in [0.05, 0.1) is 11.2 Å². The summed E-state index contributed by atoms with van der Waals surface area (Å²) in [5.41, 5.74) is 17.4. The molecule has 156 valence electrons. The number of aromatic nitrogens is 3. The first kappa shape index (κ1) is 20.4. The lowest BCUT2D eigenvalue weighted by Crippen LogP contribution is -2.47. The average Bonchev–Trinajstić information content (AvgIpc) is 2.89. The second-order valence-electron chi connectivity index (χ2n) is 7.72. The zero-order valence-corrected chi connectivity index (χ0v) is 17.2. The third-order valence-corrected chi connectivity index (χ3v) is 7.42. The van der Waals surface area contributed by atoms with Gasteiger partial charge in [0.2, 0.25) is 5.92 Å².